The van der Waals surface area contributed by atoms with Gasteiger partial charge in [-0.25, -0.2) is 0 Å². The molecule has 7 heteroatoms. The van der Waals surface area contributed by atoms with Crippen LogP contribution in [0, 0.1) is 0 Å². The number of methoxy groups -OCH3 is 2. The Kier molecular flexibility index (Phi) is 8.25. The molecule has 2 rings (SSSR count). The van der Waals surface area contributed by atoms with Crippen LogP contribution in [0.2, 0.25) is 5.02 Å². The smallest absolute Gasteiger partial charge is 0.179 e. The molecule has 1 fully saturated rings. The number of hydrogen-bond acceptors (Lipinski definition) is 4. The molecule has 1 aliphatic rings. The van der Waals surface area contributed by atoms with Crippen LogP contribution in [0.5, 0.6) is 11.5 Å². The summed E-state index contributed by atoms with van der Waals surface area (Å²) in [6, 6.07) is 3.70. The van der Waals surface area contributed by atoms with Gasteiger partial charge >= 0.3 is 0 Å². The Labute approximate surface area is 142 Å². The van der Waals surface area contributed by atoms with Gasteiger partial charge < -0.3 is 14.8 Å². The molecule has 1 N–H and O–H groups in total. The first kappa shape index (κ1) is 19.3. The Morgan fingerprint density at radius 1 is 1.27 bits per heavy atom. The van der Waals surface area contributed by atoms with Gasteiger partial charge in [0, 0.05) is 32.2 Å². The minimum Gasteiger partial charge on any atom is -0.493 e. The van der Waals surface area contributed by atoms with Crippen LogP contribution in [-0.4, -0.2) is 52.0 Å². The van der Waals surface area contributed by atoms with Crippen LogP contribution in [-0.2, 0) is 0 Å². The van der Waals surface area contributed by atoms with Crippen LogP contribution in [0.15, 0.2) is 12.1 Å². The Morgan fingerprint density at radius 3 is 2.50 bits per heavy atom. The van der Waals surface area contributed by atoms with Gasteiger partial charge in [-0.2, -0.15) is 0 Å². The van der Waals surface area contributed by atoms with Crippen LogP contribution in [0.1, 0.15) is 18.0 Å². The molecule has 0 saturated carbocycles. The number of nitrogens with zero attached hydrogens (tertiary/aromatic N) is 1. The van der Waals surface area contributed by atoms with Gasteiger partial charge in [-0.05, 0) is 18.1 Å². The molecule has 126 valence electrons. The van der Waals surface area contributed by atoms with E-state index in [1.54, 1.807) is 14.2 Å². The molecule has 0 bridgehead atoms. The monoisotopic (exact) mass is 352 g/mol. The standard InChI is InChI=1S/C15H22ClFN2O2.ClH/c1-20-13-4-3-11(14(16)15(13)21-2)12(5-6-17)19-9-7-18-8-10-19;/h3-4,12,18H,5-10H2,1-2H3;1H/t12-;/m0./s1. The summed E-state index contributed by atoms with van der Waals surface area (Å²) in [4.78, 5) is 2.27. The fourth-order valence-corrected chi connectivity index (χ4v) is 3.15. The van der Waals surface area contributed by atoms with Gasteiger partial charge in [0.25, 0.3) is 0 Å². The molecular weight excluding hydrogens is 330 g/mol. The zero-order valence-electron chi connectivity index (χ0n) is 12.9. The highest BCUT2D eigenvalue weighted by atomic mass is 35.5. The molecule has 0 radical (unpaired) electrons. The molecule has 22 heavy (non-hydrogen) atoms. The third-order valence-corrected chi connectivity index (χ3v) is 4.24. The number of benzene rings is 1. The second kappa shape index (κ2) is 9.40. The Hall–Kier alpha value is -0.750. The predicted octanol–water partition coefficient (Wildman–Crippen LogP) is 3.08. The highest BCUT2D eigenvalue weighted by Crippen LogP contribution is 2.41. The lowest BCUT2D eigenvalue weighted by atomic mass is 10.0. The second-order valence-electron chi connectivity index (χ2n) is 4.98. The number of halogens is 3. The number of nitrogens with one attached hydrogen (secondary N) is 1. The molecule has 0 spiro atoms. The van der Waals surface area contributed by atoms with Gasteiger partial charge in [-0.1, -0.05) is 17.7 Å². The Balaban J connectivity index is 0.00000242. The summed E-state index contributed by atoms with van der Waals surface area (Å²) < 4.78 is 23.6. The van der Waals surface area contributed by atoms with Crippen LogP contribution >= 0.6 is 24.0 Å². The van der Waals surface area contributed by atoms with E-state index in [-0.39, 0.29) is 25.1 Å². The molecule has 0 amide bonds. The first-order valence-corrected chi connectivity index (χ1v) is 7.51. The van der Waals surface area contributed by atoms with Crippen molar-refractivity contribution in [1.29, 1.82) is 0 Å². The van der Waals surface area contributed by atoms with Crippen LogP contribution in [0.25, 0.3) is 0 Å². The first-order chi connectivity index (χ1) is 10.2. The van der Waals surface area contributed by atoms with Crippen LogP contribution in [0.4, 0.5) is 4.39 Å². The minimum atomic E-state index is -0.376. The van der Waals surface area contributed by atoms with Gasteiger partial charge in [0.1, 0.15) is 0 Å². The Bertz CT molecular complexity index is 471. The number of ether oxygens (including phenoxy) is 2. The van der Waals surface area contributed by atoms with Crippen molar-refractivity contribution in [3.05, 3.63) is 22.7 Å². The normalized spacial score (nSPS) is 16.7. The zero-order valence-corrected chi connectivity index (χ0v) is 14.5. The van der Waals surface area contributed by atoms with Crippen molar-refractivity contribution < 1.29 is 13.9 Å². The first-order valence-electron chi connectivity index (χ1n) is 7.14. The summed E-state index contributed by atoms with van der Waals surface area (Å²) >= 11 is 6.47. The van der Waals surface area contributed by atoms with Gasteiger partial charge in [-0.15, -0.1) is 12.4 Å². The molecule has 0 aromatic heterocycles. The average Bonchev–Trinajstić information content (AvgIpc) is 2.53. The fraction of sp³-hybridized carbons (Fsp3) is 0.600. The van der Waals surface area contributed by atoms with E-state index in [1.165, 1.54) is 0 Å². The molecule has 0 aliphatic carbocycles. The summed E-state index contributed by atoms with van der Waals surface area (Å²) in [6.07, 6.45) is 0.426. The quantitative estimate of drug-likeness (QED) is 0.852. The van der Waals surface area contributed by atoms with Crippen molar-refractivity contribution in [3.63, 3.8) is 0 Å². The van der Waals surface area contributed by atoms with Gasteiger partial charge in [0.2, 0.25) is 0 Å². The van der Waals surface area contributed by atoms with E-state index in [9.17, 15) is 4.39 Å². The van der Waals surface area contributed by atoms with E-state index >= 15 is 0 Å². The van der Waals surface area contributed by atoms with Crippen molar-refractivity contribution in [3.8, 4) is 11.5 Å². The summed E-state index contributed by atoms with van der Waals surface area (Å²) in [5, 5.41) is 3.81. The lowest BCUT2D eigenvalue weighted by molar-refractivity contribution is 0.157. The third-order valence-electron chi connectivity index (χ3n) is 3.85. The zero-order chi connectivity index (χ0) is 15.2. The number of piperazine rings is 1. The summed E-state index contributed by atoms with van der Waals surface area (Å²) in [5.41, 5.74) is 0.897. The van der Waals surface area contributed by atoms with Gasteiger partial charge in [-0.3, -0.25) is 9.29 Å². The molecule has 1 heterocycles. The minimum absolute atomic E-state index is 0. The molecule has 1 saturated heterocycles. The fourth-order valence-electron chi connectivity index (χ4n) is 2.79. The van der Waals surface area contributed by atoms with Crippen molar-refractivity contribution in [2.45, 2.75) is 12.5 Å². The number of rotatable bonds is 6. The van der Waals surface area contributed by atoms with Crippen LogP contribution < -0.4 is 14.8 Å². The summed E-state index contributed by atoms with van der Waals surface area (Å²) in [6.45, 7) is 3.21. The van der Waals surface area contributed by atoms with Crippen molar-refractivity contribution in [2.75, 3.05) is 47.1 Å². The second-order valence-corrected chi connectivity index (χ2v) is 5.36. The molecular formula is C15H23Cl2FN2O2. The van der Waals surface area contributed by atoms with E-state index in [0.29, 0.717) is 22.9 Å². The van der Waals surface area contributed by atoms with E-state index in [2.05, 4.69) is 10.2 Å². The lowest BCUT2D eigenvalue weighted by Crippen LogP contribution is -2.45. The summed E-state index contributed by atoms with van der Waals surface area (Å²) in [5.74, 6) is 1.10. The Morgan fingerprint density at radius 2 is 1.95 bits per heavy atom. The highest BCUT2D eigenvalue weighted by molar-refractivity contribution is 6.33. The van der Waals surface area contributed by atoms with E-state index in [0.717, 1.165) is 31.7 Å². The largest absolute Gasteiger partial charge is 0.493 e. The van der Waals surface area contributed by atoms with E-state index in [4.69, 9.17) is 21.1 Å². The molecule has 1 aromatic rings. The number of hydrogen-bond donors (Lipinski definition) is 1. The number of alkyl halides is 1. The van der Waals surface area contributed by atoms with Crippen LogP contribution in [0.3, 0.4) is 0 Å². The maximum Gasteiger partial charge on any atom is 0.179 e. The van der Waals surface area contributed by atoms with E-state index < -0.39 is 0 Å². The lowest BCUT2D eigenvalue weighted by Gasteiger charge is -2.35. The maximum absolute atomic E-state index is 13.0. The molecule has 4 nitrogen and oxygen atoms in total. The molecule has 0 unspecified atom stereocenters. The molecule has 1 aliphatic heterocycles. The SMILES string of the molecule is COc1ccc([C@H](CCF)N2CCNCC2)c(Cl)c1OC.Cl. The highest BCUT2D eigenvalue weighted by Gasteiger charge is 2.26. The van der Waals surface area contributed by atoms with Crippen molar-refractivity contribution >= 4 is 24.0 Å². The van der Waals surface area contributed by atoms with Crippen molar-refractivity contribution in [2.24, 2.45) is 0 Å². The maximum atomic E-state index is 13.0. The molecule has 1 atom stereocenters. The third kappa shape index (κ3) is 4.16. The average molecular weight is 353 g/mol. The topological polar surface area (TPSA) is 33.7 Å². The van der Waals surface area contributed by atoms with Crippen molar-refractivity contribution in [1.82, 2.24) is 10.2 Å². The van der Waals surface area contributed by atoms with E-state index in [1.807, 2.05) is 12.1 Å². The summed E-state index contributed by atoms with van der Waals surface area (Å²) in [7, 11) is 3.13. The molecule has 1 aromatic carbocycles. The van der Waals surface area contributed by atoms with Gasteiger partial charge in [0.05, 0.1) is 25.9 Å². The van der Waals surface area contributed by atoms with Gasteiger partial charge in [0.15, 0.2) is 11.5 Å². The predicted molar refractivity (Wildman–Crippen MR) is 89.6 cm³/mol.